The summed E-state index contributed by atoms with van der Waals surface area (Å²) in [6, 6.07) is 0. The van der Waals surface area contributed by atoms with Crippen LogP contribution in [0, 0.1) is 0 Å². The molecule has 0 rings (SSSR count). The van der Waals surface area contributed by atoms with Crippen molar-refractivity contribution in [2.45, 2.75) is 71.5 Å². The molecule has 0 aliphatic heterocycles. The fraction of sp³-hybridized carbons (Fsp3) is 0.688. The number of allylic oxidation sites excluding steroid dienone is 3. The van der Waals surface area contributed by atoms with Gasteiger partial charge in [-0.25, -0.2) is 0 Å². The molecule has 0 bridgehead atoms. The predicted molar refractivity (Wildman–Crippen MR) is 82.1 cm³/mol. The van der Waals surface area contributed by atoms with Crippen molar-refractivity contribution in [2.75, 3.05) is 0 Å². The zero-order chi connectivity index (χ0) is 15.8. The number of aliphatic hydroxyl groups excluding tert-OH is 1. The lowest BCUT2D eigenvalue weighted by molar-refractivity contribution is -0.117. The zero-order valence-corrected chi connectivity index (χ0v) is 13.1. The molecule has 4 N–H and O–H groups in total. The molecule has 0 aromatic heterocycles. The highest BCUT2D eigenvalue weighted by atomic mass is 16.3. The Bertz CT molecular complexity index is 364. The Morgan fingerprint density at radius 2 is 1.75 bits per heavy atom. The highest BCUT2D eigenvalue weighted by Gasteiger charge is 2.23. The number of aliphatic hydroxyl groups is 2. The quantitative estimate of drug-likeness (QED) is 0.568. The summed E-state index contributed by atoms with van der Waals surface area (Å²) in [5, 5.41) is 19.4. The number of carbonyl (C=O) groups is 1. The largest absolute Gasteiger partial charge is 0.390 e. The maximum atomic E-state index is 10.6. The summed E-state index contributed by atoms with van der Waals surface area (Å²) in [6.07, 6.45) is 6.74. The summed E-state index contributed by atoms with van der Waals surface area (Å²) in [4.78, 5) is 10.6. The summed E-state index contributed by atoms with van der Waals surface area (Å²) < 4.78 is 0. The van der Waals surface area contributed by atoms with Crippen molar-refractivity contribution >= 4 is 5.91 Å². The predicted octanol–water partition coefficient (Wildman–Crippen LogP) is 2.45. The molecular weight excluding hydrogens is 254 g/mol. The van der Waals surface area contributed by atoms with Crippen molar-refractivity contribution in [3.63, 3.8) is 0 Å². The first-order chi connectivity index (χ1) is 9.12. The Morgan fingerprint density at radius 1 is 1.20 bits per heavy atom. The second-order valence-corrected chi connectivity index (χ2v) is 6.02. The number of primary amides is 1. The third kappa shape index (κ3) is 9.75. The lowest BCUT2D eigenvalue weighted by atomic mass is 9.95. The highest BCUT2D eigenvalue weighted by Crippen LogP contribution is 2.17. The van der Waals surface area contributed by atoms with Crippen molar-refractivity contribution in [2.24, 2.45) is 5.73 Å². The Balaban J connectivity index is 4.03. The first kappa shape index (κ1) is 18.9. The van der Waals surface area contributed by atoms with Gasteiger partial charge >= 0.3 is 0 Å². The molecule has 0 aliphatic rings. The molecular formula is C16H29NO3. The molecule has 0 heterocycles. The number of carbonyl (C=O) groups excluding carboxylic acids is 1. The zero-order valence-electron chi connectivity index (χ0n) is 13.1. The molecule has 0 saturated carbocycles. The van der Waals surface area contributed by atoms with Gasteiger partial charge in [-0.3, -0.25) is 4.79 Å². The minimum atomic E-state index is -1.05. The SMILES string of the molecule is C/C(=C\CC(N)=O)CC/C=C(\C)CCC(O)C(C)(C)O. The normalized spacial score (nSPS) is 15.3. The maximum Gasteiger partial charge on any atom is 0.221 e. The van der Waals surface area contributed by atoms with Crippen molar-refractivity contribution in [3.05, 3.63) is 23.3 Å². The maximum absolute atomic E-state index is 10.6. The van der Waals surface area contributed by atoms with Gasteiger partial charge in [-0.2, -0.15) is 0 Å². The molecule has 0 saturated heterocycles. The third-order valence-electron chi connectivity index (χ3n) is 3.31. The average molecular weight is 283 g/mol. The monoisotopic (exact) mass is 283 g/mol. The van der Waals surface area contributed by atoms with Crippen molar-refractivity contribution < 1.29 is 15.0 Å². The summed E-state index contributed by atoms with van der Waals surface area (Å²) in [6.45, 7) is 7.25. The molecule has 1 atom stereocenters. The molecule has 0 radical (unpaired) electrons. The molecule has 1 amide bonds. The fourth-order valence-corrected chi connectivity index (χ4v) is 1.74. The van der Waals surface area contributed by atoms with E-state index in [4.69, 9.17) is 5.73 Å². The van der Waals surface area contributed by atoms with Gasteiger partial charge in [-0.15, -0.1) is 0 Å². The van der Waals surface area contributed by atoms with Crippen LogP contribution in [0.4, 0.5) is 0 Å². The van der Waals surface area contributed by atoms with Crippen LogP contribution in [-0.4, -0.2) is 27.8 Å². The van der Waals surface area contributed by atoms with Gasteiger partial charge in [0.2, 0.25) is 5.91 Å². The third-order valence-corrected chi connectivity index (χ3v) is 3.31. The second kappa shape index (κ2) is 8.93. The van der Waals surface area contributed by atoms with Gasteiger partial charge in [0.25, 0.3) is 0 Å². The van der Waals surface area contributed by atoms with Gasteiger partial charge in [-0.05, 0) is 53.4 Å². The fourth-order valence-electron chi connectivity index (χ4n) is 1.74. The summed E-state index contributed by atoms with van der Waals surface area (Å²) in [5.41, 5.74) is 6.40. The van der Waals surface area contributed by atoms with E-state index in [1.807, 2.05) is 19.9 Å². The molecule has 0 aromatic carbocycles. The Labute approximate surface area is 122 Å². The van der Waals surface area contributed by atoms with E-state index in [-0.39, 0.29) is 5.91 Å². The Morgan fingerprint density at radius 3 is 2.25 bits per heavy atom. The standard InChI is InChI=1S/C16H29NO3/c1-12(8-10-14(18)16(3,4)20)6-5-7-13(2)9-11-15(17)19/h6,9,14,18,20H,5,7-8,10-11H2,1-4H3,(H2,17,19)/b12-6+,13-9+. The van der Waals surface area contributed by atoms with Crippen LogP contribution in [0.15, 0.2) is 23.3 Å². The summed E-state index contributed by atoms with van der Waals surface area (Å²) in [5.74, 6) is -0.309. The molecule has 4 heteroatoms. The van der Waals surface area contributed by atoms with Crippen LogP contribution in [0.1, 0.15) is 59.8 Å². The number of nitrogens with two attached hydrogens (primary N) is 1. The van der Waals surface area contributed by atoms with Crippen molar-refractivity contribution in [1.29, 1.82) is 0 Å². The smallest absolute Gasteiger partial charge is 0.221 e. The van der Waals surface area contributed by atoms with E-state index >= 15 is 0 Å². The lowest BCUT2D eigenvalue weighted by Gasteiger charge is -2.24. The van der Waals surface area contributed by atoms with Crippen molar-refractivity contribution in [3.8, 4) is 0 Å². The van der Waals surface area contributed by atoms with E-state index in [9.17, 15) is 15.0 Å². The van der Waals surface area contributed by atoms with Gasteiger partial charge in [0, 0.05) is 6.42 Å². The average Bonchev–Trinajstić information content (AvgIpc) is 2.32. The number of hydrogen-bond donors (Lipinski definition) is 3. The van der Waals surface area contributed by atoms with E-state index in [2.05, 4.69) is 6.08 Å². The molecule has 1 unspecified atom stereocenters. The van der Waals surface area contributed by atoms with Gasteiger partial charge in [0.05, 0.1) is 11.7 Å². The number of hydrogen-bond acceptors (Lipinski definition) is 3. The van der Waals surface area contributed by atoms with E-state index in [1.54, 1.807) is 13.8 Å². The van der Waals surface area contributed by atoms with E-state index in [0.717, 1.165) is 24.8 Å². The molecule has 116 valence electrons. The first-order valence-electron chi connectivity index (χ1n) is 7.13. The Kier molecular flexibility index (Phi) is 8.42. The van der Waals surface area contributed by atoms with Crippen LogP contribution in [0.2, 0.25) is 0 Å². The highest BCUT2D eigenvalue weighted by molar-refractivity contribution is 5.75. The topological polar surface area (TPSA) is 83.6 Å². The first-order valence-corrected chi connectivity index (χ1v) is 7.13. The van der Waals surface area contributed by atoms with Crippen LogP contribution in [-0.2, 0) is 4.79 Å². The minimum absolute atomic E-state index is 0.298. The van der Waals surface area contributed by atoms with Crippen LogP contribution >= 0.6 is 0 Å². The van der Waals surface area contributed by atoms with Gasteiger partial charge in [-0.1, -0.05) is 23.3 Å². The van der Waals surface area contributed by atoms with Gasteiger partial charge < -0.3 is 15.9 Å². The van der Waals surface area contributed by atoms with Crippen LogP contribution in [0.25, 0.3) is 0 Å². The molecule has 0 spiro atoms. The van der Waals surface area contributed by atoms with E-state index in [0.29, 0.717) is 12.8 Å². The van der Waals surface area contributed by atoms with Gasteiger partial charge in [0.15, 0.2) is 0 Å². The van der Waals surface area contributed by atoms with E-state index < -0.39 is 11.7 Å². The van der Waals surface area contributed by atoms with Crippen LogP contribution < -0.4 is 5.73 Å². The second-order valence-electron chi connectivity index (χ2n) is 6.02. The molecule has 20 heavy (non-hydrogen) atoms. The Hall–Kier alpha value is -1.13. The van der Waals surface area contributed by atoms with E-state index in [1.165, 1.54) is 5.57 Å². The molecule has 4 nitrogen and oxygen atoms in total. The molecule has 0 fully saturated rings. The molecule has 0 aromatic rings. The van der Waals surface area contributed by atoms with Crippen LogP contribution in [0.3, 0.4) is 0 Å². The van der Waals surface area contributed by atoms with Crippen LogP contribution in [0.5, 0.6) is 0 Å². The lowest BCUT2D eigenvalue weighted by Crippen LogP contribution is -2.35. The number of rotatable bonds is 9. The van der Waals surface area contributed by atoms with Crippen molar-refractivity contribution in [1.82, 2.24) is 0 Å². The number of amides is 1. The van der Waals surface area contributed by atoms with Gasteiger partial charge in [0.1, 0.15) is 0 Å². The minimum Gasteiger partial charge on any atom is -0.390 e. The summed E-state index contributed by atoms with van der Waals surface area (Å²) >= 11 is 0. The summed E-state index contributed by atoms with van der Waals surface area (Å²) in [7, 11) is 0. The molecule has 0 aliphatic carbocycles.